The molecule has 0 bridgehead atoms. The zero-order valence-electron chi connectivity index (χ0n) is 11.0. The highest BCUT2D eigenvalue weighted by Gasteiger charge is 2.41. The molecule has 1 unspecified atom stereocenters. The largest absolute Gasteiger partial charge is 0.481 e. The van der Waals surface area contributed by atoms with Crippen LogP contribution in [0.4, 0.5) is 0 Å². The van der Waals surface area contributed by atoms with Gasteiger partial charge in [0.25, 0.3) is 0 Å². The van der Waals surface area contributed by atoms with Crippen molar-refractivity contribution in [3.63, 3.8) is 0 Å². The molecule has 1 amide bonds. The minimum absolute atomic E-state index is 0.137. The van der Waals surface area contributed by atoms with Crippen molar-refractivity contribution in [3.8, 4) is 0 Å². The molecule has 98 valence electrons. The van der Waals surface area contributed by atoms with Gasteiger partial charge in [0.2, 0.25) is 5.91 Å². The monoisotopic (exact) mass is 242 g/mol. The number of aliphatic carboxylic acids is 1. The van der Waals surface area contributed by atoms with Crippen molar-refractivity contribution < 1.29 is 14.7 Å². The molecule has 0 radical (unpaired) electrons. The van der Waals surface area contributed by atoms with Crippen LogP contribution in [0.5, 0.6) is 0 Å². The van der Waals surface area contributed by atoms with Gasteiger partial charge in [0, 0.05) is 18.1 Å². The fraction of sp³-hybridized carbons (Fsp3) is 0.833. The van der Waals surface area contributed by atoms with E-state index >= 15 is 0 Å². The molecule has 1 aliphatic heterocycles. The minimum Gasteiger partial charge on any atom is -0.481 e. The number of amides is 1. The standard InChI is InChI=1S/C12H22N2O3/c1-8(2)14-9(7-10(15)16)11(17)13-6-5-12(14,3)4/h8-9H,5-7H2,1-4H3,(H,13,17)(H,15,16). The van der Waals surface area contributed by atoms with Crippen LogP contribution in [0.2, 0.25) is 0 Å². The third-order valence-electron chi connectivity index (χ3n) is 3.30. The maximum absolute atomic E-state index is 11.9. The van der Waals surface area contributed by atoms with Crippen molar-refractivity contribution >= 4 is 11.9 Å². The second-order valence-corrected chi connectivity index (χ2v) is 5.47. The summed E-state index contributed by atoms with van der Waals surface area (Å²) in [7, 11) is 0. The molecule has 0 aromatic heterocycles. The van der Waals surface area contributed by atoms with Crippen LogP contribution in [0.15, 0.2) is 0 Å². The van der Waals surface area contributed by atoms with Crippen LogP contribution in [-0.4, -0.2) is 46.1 Å². The van der Waals surface area contributed by atoms with Crippen LogP contribution in [0.1, 0.15) is 40.5 Å². The van der Waals surface area contributed by atoms with E-state index in [9.17, 15) is 9.59 Å². The van der Waals surface area contributed by atoms with Crippen molar-refractivity contribution in [2.75, 3.05) is 6.54 Å². The quantitative estimate of drug-likeness (QED) is 0.769. The third kappa shape index (κ3) is 3.19. The molecular weight excluding hydrogens is 220 g/mol. The van der Waals surface area contributed by atoms with Crippen molar-refractivity contribution in [3.05, 3.63) is 0 Å². The molecule has 1 rings (SSSR count). The van der Waals surface area contributed by atoms with Gasteiger partial charge < -0.3 is 10.4 Å². The maximum Gasteiger partial charge on any atom is 0.305 e. The normalized spacial score (nSPS) is 25.5. The molecule has 0 aromatic carbocycles. The number of carbonyl (C=O) groups excluding carboxylic acids is 1. The Labute approximate surface area is 102 Å². The van der Waals surface area contributed by atoms with Gasteiger partial charge in [0.05, 0.1) is 6.42 Å². The number of nitrogens with one attached hydrogen (secondary N) is 1. The first-order valence-electron chi connectivity index (χ1n) is 6.03. The smallest absolute Gasteiger partial charge is 0.305 e. The molecule has 5 nitrogen and oxygen atoms in total. The second kappa shape index (κ2) is 5.04. The van der Waals surface area contributed by atoms with Crippen molar-refractivity contribution in [2.24, 2.45) is 0 Å². The van der Waals surface area contributed by atoms with Gasteiger partial charge in [-0.15, -0.1) is 0 Å². The first-order valence-corrected chi connectivity index (χ1v) is 6.03. The Bertz CT molecular complexity index is 313. The second-order valence-electron chi connectivity index (χ2n) is 5.47. The highest BCUT2D eigenvalue weighted by atomic mass is 16.4. The highest BCUT2D eigenvalue weighted by molar-refractivity contribution is 5.86. The van der Waals surface area contributed by atoms with Gasteiger partial charge in [0.1, 0.15) is 6.04 Å². The van der Waals surface area contributed by atoms with Gasteiger partial charge in [-0.1, -0.05) is 0 Å². The number of hydrogen-bond acceptors (Lipinski definition) is 3. The Kier molecular flexibility index (Phi) is 4.14. The van der Waals surface area contributed by atoms with E-state index in [1.54, 1.807) is 0 Å². The lowest BCUT2D eigenvalue weighted by molar-refractivity contribution is -0.143. The number of carboxylic acid groups (broad SMARTS) is 1. The molecule has 0 aromatic rings. The first-order chi connectivity index (χ1) is 7.75. The molecule has 1 atom stereocenters. The third-order valence-corrected chi connectivity index (χ3v) is 3.30. The molecule has 1 heterocycles. The summed E-state index contributed by atoms with van der Waals surface area (Å²) in [6, 6.07) is -0.441. The Morgan fingerprint density at radius 1 is 1.59 bits per heavy atom. The van der Waals surface area contributed by atoms with Crippen LogP contribution >= 0.6 is 0 Å². The lowest BCUT2D eigenvalue weighted by atomic mass is 9.94. The zero-order valence-corrected chi connectivity index (χ0v) is 11.0. The average Bonchev–Trinajstić information content (AvgIpc) is 2.23. The van der Waals surface area contributed by atoms with Gasteiger partial charge >= 0.3 is 5.97 Å². The molecule has 17 heavy (non-hydrogen) atoms. The Balaban J connectivity index is 3.05. The topological polar surface area (TPSA) is 69.6 Å². The van der Waals surface area contributed by atoms with E-state index in [2.05, 4.69) is 19.2 Å². The molecular formula is C12H22N2O3. The first kappa shape index (κ1) is 14.0. The summed E-state index contributed by atoms with van der Waals surface area (Å²) in [5.41, 5.74) is -0.173. The van der Waals surface area contributed by atoms with E-state index < -0.39 is 12.0 Å². The fourth-order valence-electron chi connectivity index (χ4n) is 2.70. The van der Waals surface area contributed by atoms with Crippen molar-refractivity contribution in [1.29, 1.82) is 0 Å². The number of rotatable bonds is 3. The van der Waals surface area contributed by atoms with Crippen LogP contribution in [0.25, 0.3) is 0 Å². The molecule has 1 fully saturated rings. The van der Waals surface area contributed by atoms with Gasteiger partial charge in [0.15, 0.2) is 0 Å². The molecule has 5 heteroatoms. The molecule has 1 saturated heterocycles. The summed E-state index contributed by atoms with van der Waals surface area (Å²) >= 11 is 0. The summed E-state index contributed by atoms with van der Waals surface area (Å²) in [6.45, 7) is 8.71. The Morgan fingerprint density at radius 3 is 2.65 bits per heavy atom. The van der Waals surface area contributed by atoms with Gasteiger partial charge in [-0.2, -0.15) is 0 Å². The highest BCUT2D eigenvalue weighted by Crippen LogP contribution is 2.27. The summed E-state index contributed by atoms with van der Waals surface area (Å²) in [6.07, 6.45) is 0.681. The van der Waals surface area contributed by atoms with Gasteiger partial charge in [-0.05, 0) is 34.1 Å². The molecule has 1 aliphatic rings. The van der Waals surface area contributed by atoms with E-state index in [-0.39, 0.29) is 23.9 Å². The molecule has 0 saturated carbocycles. The summed E-state index contributed by atoms with van der Waals surface area (Å²) in [4.78, 5) is 24.9. The van der Waals surface area contributed by atoms with Crippen molar-refractivity contribution in [2.45, 2.75) is 58.2 Å². The summed E-state index contributed by atoms with van der Waals surface area (Å²) in [5.74, 6) is -1.11. The van der Waals surface area contributed by atoms with Crippen LogP contribution in [0.3, 0.4) is 0 Å². The number of carbonyl (C=O) groups is 2. The zero-order chi connectivity index (χ0) is 13.2. The molecule has 2 N–H and O–H groups in total. The number of carboxylic acids is 1. The van der Waals surface area contributed by atoms with E-state index in [0.29, 0.717) is 6.54 Å². The minimum atomic E-state index is -0.937. The van der Waals surface area contributed by atoms with Crippen molar-refractivity contribution in [1.82, 2.24) is 10.2 Å². The van der Waals surface area contributed by atoms with Crippen LogP contribution < -0.4 is 5.32 Å². The van der Waals surface area contributed by atoms with Gasteiger partial charge in [-0.3, -0.25) is 14.5 Å². The SMILES string of the molecule is CC(C)N1C(CC(=O)O)C(=O)NCCC1(C)C. The van der Waals surface area contributed by atoms with E-state index in [1.807, 2.05) is 18.7 Å². The van der Waals surface area contributed by atoms with E-state index in [4.69, 9.17) is 5.11 Å². The van der Waals surface area contributed by atoms with Crippen LogP contribution in [-0.2, 0) is 9.59 Å². The lowest BCUT2D eigenvalue weighted by Crippen LogP contribution is -2.56. The summed E-state index contributed by atoms with van der Waals surface area (Å²) < 4.78 is 0. The number of hydrogen-bond donors (Lipinski definition) is 2. The molecule has 0 spiro atoms. The summed E-state index contributed by atoms with van der Waals surface area (Å²) in [5, 5.41) is 11.7. The van der Waals surface area contributed by atoms with E-state index in [1.165, 1.54) is 0 Å². The maximum atomic E-state index is 11.9. The lowest BCUT2D eigenvalue weighted by Gasteiger charge is -2.43. The predicted octanol–water partition coefficient (Wildman–Crippen LogP) is 0.839. The molecule has 0 aliphatic carbocycles. The number of nitrogens with zero attached hydrogens (tertiary/aromatic N) is 1. The van der Waals surface area contributed by atoms with Crippen LogP contribution in [0, 0.1) is 0 Å². The predicted molar refractivity (Wildman–Crippen MR) is 64.7 cm³/mol. The fourth-order valence-corrected chi connectivity index (χ4v) is 2.70. The Hall–Kier alpha value is -1.10. The van der Waals surface area contributed by atoms with Gasteiger partial charge in [-0.25, -0.2) is 0 Å². The Morgan fingerprint density at radius 2 is 2.18 bits per heavy atom. The average molecular weight is 242 g/mol. The van der Waals surface area contributed by atoms with E-state index in [0.717, 1.165) is 6.42 Å².